The van der Waals surface area contributed by atoms with E-state index in [1.54, 1.807) is 0 Å². The zero-order valence-electron chi connectivity index (χ0n) is 14.4. The van der Waals surface area contributed by atoms with E-state index in [0.29, 0.717) is 0 Å². The predicted molar refractivity (Wildman–Crippen MR) is 90.3 cm³/mol. The monoisotopic (exact) mass is 273 g/mol. The van der Waals surface area contributed by atoms with Gasteiger partial charge in [-0.15, -0.1) is 0 Å². The second-order valence-corrected chi connectivity index (χ2v) is 6.72. The van der Waals surface area contributed by atoms with Gasteiger partial charge in [0, 0.05) is 11.0 Å². The van der Waals surface area contributed by atoms with Crippen molar-refractivity contribution in [3.8, 4) is 0 Å². The maximum Gasteiger partial charge on any atom is 0.0241 e. The average molecular weight is 273 g/mol. The molecule has 0 aliphatic heterocycles. The number of benzene rings is 1. The normalized spacial score (nSPS) is 17.4. The Hall–Kier alpha value is -1.08. The molecule has 0 amide bonds. The quantitative estimate of drug-likeness (QED) is 0.733. The number of hydrogen-bond donors (Lipinski definition) is 1. The lowest BCUT2D eigenvalue weighted by molar-refractivity contribution is 0.158. The van der Waals surface area contributed by atoms with Gasteiger partial charge in [0.15, 0.2) is 0 Å². The van der Waals surface area contributed by atoms with Gasteiger partial charge in [0.2, 0.25) is 0 Å². The summed E-state index contributed by atoms with van der Waals surface area (Å²) < 4.78 is 0. The molecule has 1 nitrogen and oxygen atoms in total. The van der Waals surface area contributed by atoms with Crippen LogP contribution in [0.4, 0.5) is 0 Å². The molecule has 1 N–H and O–H groups in total. The molecule has 2 unspecified atom stereocenters. The molecule has 0 bridgehead atoms. The van der Waals surface area contributed by atoms with E-state index in [0.717, 1.165) is 12.8 Å². The molecule has 0 spiro atoms. The molecule has 0 radical (unpaired) electrons. The molecular weight excluding hydrogens is 242 g/mol. The molecule has 2 atom stereocenters. The van der Waals surface area contributed by atoms with Gasteiger partial charge in [-0.05, 0) is 53.1 Å². The Kier molecular flexibility index (Phi) is 5.21. The van der Waals surface area contributed by atoms with Gasteiger partial charge in [-0.2, -0.15) is 0 Å². The Morgan fingerprint density at radius 1 is 1.15 bits per heavy atom. The van der Waals surface area contributed by atoms with Crippen molar-refractivity contribution in [2.45, 2.75) is 59.9 Å². The Bertz CT molecular complexity index is 462. The van der Waals surface area contributed by atoms with E-state index < -0.39 is 0 Å². The van der Waals surface area contributed by atoms with Gasteiger partial charge in [0.05, 0.1) is 0 Å². The number of aryl methyl sites for hydroxylation is 2. The maximum atomic E-state index is 4.29. The summed E-state index contributed by atoms with van der Waals surface area (Å²) in [4.78, 5) is 0. The first kappa shape index (κ1) is 17.0. The molecule has 1 rings (SSSR count). The summed E-state index contributed by atoms with van der Waals surface area (Å²) in [6.07, 6.45) is 2.10. The van der Waals surface area contributed by atoms with Crippen LogP contribution in [0.1, 0.15) is 50.8 Å². The van der Waals surface area contributed by atoms with Gasteiger partial charge in [-0.25, -0.2) is 0 Å². The lowest BCUT2D eigenvalue weighted by atomic mass is 9.63. The van der Waals surface area contributed by atoms with Crippen LogP contribution < -0.4 is 5.32 Å². The minimum absolute atomic E-state index is 0.0384. The first-order chi connectivity index (χ1) is 9.18. The highest BCUT2D eigenvalue weighted by molar-refractivity contribution is 5.32. The molecular formula is C19H31N. The third-order valence-electron chi connectivity index (χ3n) is 5.26. The topological polar surface area (TPSA) is 12.0 Å². The second kappa shape index (κ2) is 6.13. The van der Waals surface area contributed by atoms with Crippen LogP contribution in [0.25, 0.3) is 0 Å². The summed E-state index contributed by atoms with van der Waals surface area (Å²) in [5, 5.41) is 3.54. The van der Waals surface area contributed by atoms with Crippen LogP contribution in [-0.2, 0) is 6.42 Å². The fourth-order valence-corrected chi connectivity index (χ4v) is 3.24. The molecule has 0 aromatic heterocycles. The number of hydrogen-bond acceptors (Lipinski definition) is 1. The minimum atomic E-state index is 0.0384. The molecule has 1 aromatic carbocycles. The number of rotatable bonds is 6. The Morgan fingerprint density at radius 2 is 1.65 bits per heavy atom. The highest BCUT2D eigenvalue weighted by Gasteiger charge is 2.42. The highest BCUT2D eigenvalue weighted by atomic mass is 15.0. The van der Waals surface area contributed by atoms with Crippen molar-refractivity contribution in [1.82, 2.24) is 5.32 Å². The van der Waals surface area contributed by atoms with Crippen LogP contribution >= 0.6 is 0 Å². The third-order valence-corrected chi connectivity index (χ3v) is 5.26. The molecule has 1 heteroatoms. The Balaban J connectivity index is 3.25. The Morgan fingerprint density at radius 3 is 2.00 bits per heavy atom. The van der Waals surface area contributed by atoms with E-state index in [9.17, 15) is 0 Å². The van der Waals surface area contributed by atoms with Crippen molar-refractivity contribution in [2.75, 3.05) is 7.05 Å². The zero-order valence-corrected chi connectivity index (χ0v) is 14.4. The summed E-state index contributed by atoms with van der Waals surface area (Å²) in [6.45, 7) is 17.7. The predicted octanol–water partition coefficient (Wildman–Crippen LogP) is 4.82. The standard InChI is InChI=1S/C19H31N/c1-9-19(7,20-8)18(6,14(2)3)13-17-11-15(4)10-16(5)12-17/h10-12,20H,2,9,13H2,1,3-8H3. The lowest BCUT2D eigenvalue weighted by Gasteiger charge is -2.47. The van der Waals surface area contributed by atoms with Crippen molar-refractivity contribution in [1.29, 1.82) is 0 Å². The smallest absolute Gasteiger partial charge is 0.0241 e. The van der Waals surface area contributed by atoms with Crippen LogP contribution in [-0.4, -0.2) is 12.6 Å². The van der Waals surface area contributed by atoms with E-state index in [-0.39, 0.29) is 11.0 Å². The van der Waals surface area contributed by atoms with Gasteiger partial charge in [0.1, 0.15) is 0 Å². The van der Waals surface area contributed by atoms with E-state index in [4.69, 9.17) is 0 Å². The van der Waals surface area contributed by atoms with Gasteiger partial charge >= 0.3 is 0 Å². The minimum Gasteiger partial charge on any atom is -0.314 e. The van der Waals surface area contributed by atoms with E-state index >= 15 is 0 Å². The van der Waals surface area contributed by atoms with Crippen LogP contribution in [0.2, 0.25) is 0 Å². The summed E-state index contributed by atoms with van der Waals surface area (Å²) in [5.41, 5.74) is 5.42. The zero-order chi connectivity index (χ0) is 15.6. The third kappa shape index (κ3) is 3.15. The van der Waals surface area contributed by atoms with Crippen molar-refractivity contribution < 1.29 is 0 Å². The molecule has 0 saturated carbocycles. The van der Waals surface area contributed by atoms with Crippen molar-refractivity contribution in [3.63, 3.8) is 0 Å². The fraction of sp³-hybridized carbons (Fsp3) is 0.579. The van der Waals surface area contributed by atoms with Crippen molar-refractivity contribution in [2.24, 2.45) is 5.41 Å². The average Bonchev–Trinajstić information content (AvgIpc) is 2.35. The van der Waals surface area contributed by atoms with E-state index in [1.165, 1.54) is 22.3 Å². The lowest BCUT2D eigenvalue weighted by Crippen LogP contribution is -2.54. The SMILES string of the molecule is C=C(C)C(C)(Cc1cc(C)cc(C)c1)C(C)(CC)NC. The molecule has 0 aliphatic rings. The molecule has 0 aliphatic carbocycles. The van der Waals surface area contributed by atoms with Crippen molar-refractivity contribution >= 4 is 0 Å². The van der Waals surface area contributed by atoms with Gasteiger partial charge in [-0.3, -0.25) is 0 Å². The molecule has 20 heavy (non-hydrogen) atoms. The summed E-state index contributed by atoms with van der Waals surface area (Å²) >= 11 is 0. The summed E-state index contributed by atoms with van der Waals surface area (Å²) in [7, 11) is 2.06. The summed E-state index contributed by atoms with van der Waals surface area (Å²) in [5.74, 6) is 0. The van der Waals surface area contributed by atoms with Crippen LogP contribution in [0.15, 0.2) is 30.4 Å². The first-order valence-electron chi connectivity index (χ1n) is 7.60. The first-order valence-corrected chi connectivity index (χ1v) is 7.60. The van der Waals surface area contributed by atoms with Crippen molar-refractivity contribution in [3.05, 3.63) is 47.0 Å². The van der Waals surface area contributed by atoms with Crippen LogP contribution in [0.5, 0.6) is 0 Å². The van der Waals surface area contributed by atoms with E-state index in [2.05, 4.69) is 78.7 Å². The Labute approximate surface area is 125 Å². The van der Waals surface area contributed by atoms with Crippen LogP contribution in [0, 0.1) is 19.3 Å². The molecule has 1 aromatic rings. The fourth-order valence-electron chi connectivity index (χ4n) is 3.24. The highest BCUT2D eigenvalue weighted by Crippen LogP contribution is 2.42. The molecule has 0 fully saturated rings. The molecule has 112 valence electrons. The van der Waals surface area contributed by atoms with Crippen LogP contribution in [0.3, 0.4) is 0 Å². The van der Waals surface area contributed by atoms with E-state index in [1.807, 2.05) is 0 Å². The van der Waals surface area contributed by atoms with Gasteiger partial charge in [0.25, 0.3) is 0 Å². The maximum absolute atomic E-state index is 4.29. The molecule has 0 saturated heterocycles. The largest absolute Gasteiger partial charge is 0.314 e. The molecule has 0 heterocycles. The summed E-state index contributed by atoms with van der Waals surface area (Å²) in [6, 6.07) is 6.85. The van der Waals surface area contributed by atoms with Gasteiger partial charge in [-0.1, -0.05) is 55.3 Å². The van der Waals surface area contributed by atoms with Gasteiger partial charge < -0.3 is 5.32 Å². The second-order valence-electron chi connectivity index (χ2n) is 6.72. The number of nitrogens with one attached hydrogen (secondary N) is 1.